The Labute approximate surface area is 369 Å². The number of fused-ring (bicyclic) bond motifs is 2. The number of aliphatic hydroxyl groups excluding tert-OH is 1. The average Bonchev–Trinajstić information content (AvgIpc) is 3.24. The van der Waals surface area contributed by atoms with E-state index in [9.17, 15) is 19.5 Å². The summed E-state index contributed by atoms with van der Waals surface area (Å²) in [6.45, 7) is 8.77. The first-order valence-electron chi connectivity index (χ1n) is 21.1. The van der Waals surface area contributed by atoms with Gasteiger partial charge in [-0.1, -0.05) is 91.3 Å². The SMILES string of the molecule is COCOc1cccc2c1C(=O)O[C@H](CCO)C[C@H](OCOC)[C@H](C)C/C=C/C2.Cc1cccc2c1C(=O)O[C@H](CCOC(=O)c1ccc(Br)cc1)C[C@H](C)[C@H](C)C/C=C/C2. The summed E-state index contributed by atoms with van der Waals surface area (Å²) in [6, 6.07) is 18.4. The Hall–Kier alpha value is -4.33. The summed E-state index contributed by atoms with van der Waals surface area (Å²) >= 11 is 3.36. The Kier molecular flexibility index (Phi) is 21.2. The zero-order chi connectivity index (χ0) is 44.1. The van der Waals surface area contributed by atoms with Gasteiger partial charge in [0.2, 0.25) is 0 Å². The minimum atomic E-state index is -0.483. The van der Waals surface area contributed by atoms with E-state index in [2.05, 4.69) is 54.9 Å². The summed E-state index contributed by atoms with van der Waals surface area (Å²) in [5.41, 5.74) is 4.26. The molecule has 61 heavy (non-hydrogen) atoms. The van der Waals surface area contributed by atoms with E-state index in [0.29, 0.717) is 66.4 Å². The molecule has 0 radical (unpaired) electrons. The Morgan fingerprint density at radius 2 is 1.34 bits per heavy atom. The van der Waals surface area contributed by atoms with Crippen LogP contribution >= 0.6 is 15.9 Å². The van der Waals surface area contributed by atoms with Crippen molar-refractivity contribution in [3.05, 3.63) is 123 Å². The second-order valence-electron chi connectivity index (χ2n) is 15.8. The van der Waals surface area contributed by atoms with Crippen molar-refractivity contribution < 1.29 is 52.6 Å². The molecule has 11 nitrogen and oxygen atoms in total. The predicted octanol–water partition coefficient (Wildman–Crippen LogP) is 9.79. The van der Waals surface area contributed by atoms with Crippen LogP contribution in [0.25, 0.3) is 0 Å². The number of aliphatic hydroxyl groups is 1. The third-order valence-electron chi connectivity index (χ3n) is 11.1. The minimum absolute atomic E-state index is 0.0318. The molecular weight excluding hydrogens is 844 g/mol. The van der Waals surface area contributed by atoms with Crippen molar-refractivity contribution in [3.63, 3.8) is 0 Å². The number of hydrogen-bond acceptors (Lipinski definition) is 11. The molecule has 3 aromatic rings. The van der Waals surface area contributed by atoms with E-state index in [1.807, 2.05) is 55.5 Å². The van der Waals surface area contributed by atoms with Crippen LogP contribution in [0.4, 0.5) is 0 Å². The molecule has 1 N–H and O–H groups in total. The van der Waals surface area contributed by atoms with E-state index in [-0.39, 0.29) is 56.9 Å². The zero-order valence-corrected chi connectivity index (χ0v) is 38.0. The van der Waals surface area contributed by atoms with Gasteiger partial charge in [0.1, 0.15) is 30.3 Å². The van der Waals surface area contributed by atoms with Crippen molar-refractivity contribution in [1.29, 1.82) is 0 Å². The number of rotatable bonds is 12. The fourth-order valence-corrected chi connectivity index (χ4v) is 7.60. The lowest BCUT2D eigenvalue weighted by Crippen LogP contribution is -2.31. The van der Waals surface area contributed by atoms with E-state index in [1.165, 1.54) is 7.11 Å². The number of allylic oxidation sites excluding steroid dienone is 4. The van der Waals surface area contributed by atoms with Gasteiger partial charge in [0.05, 0.1) is 23.8 Å². The van der Waals surface area contributed by atoms with Crippen LogP contribution in [0.5, 0.6) is 5.75 Å². The first-order chi connectivity index (χ1) is 29.4. The lowest BCUT2D eigenvalue weighted by atomic mass is 9.87. The third-order valence-corrected chi connectivity index (χ3v) is 11.7. The fourth-order valence-electron chi connectivity index (χ4n) is 7.33. The number of hydrogen-bond donors (Lipinski definition) is 1. The monoisotopic (exact) mass is 906 g/mol. The molecule has 0 spiro atoms. The summed E-state index contributed by atoms with van der Waals surface area (Å²) in [5.74, 6) is 0.322. The van der Waals surface area contributed by atoms with E-state index in [4.69, 9.17) is 33.2 Å². The molecule has 3 aromatic carbocycles. The van der Waals surface area contributed by atoms with Crippen molar-refractivity contribution >= 4 is 33.8 Å². The first-order valence-corrected chi connectivity index (χ1v) is 21.9. The normalized spacial score (nSPS) is 23.3. The highest BCUT2D eigenvalue weighted by molar-refractivity contribution is 9.10. The average molecular weight is 908 g/mol. The summed E-state index contributed by atoms with van der Waals surface area (Å²) in [6.07, 6.45) is 12.7. The van der Waals surface area contributed by atoms with Crippen LogP contribution in [-0.4, -0.2) is 82.3 Å². The summed E-state index contributed by atoms with van der Waals surface area (Å²) in [7, 11) is 3.10. The van der Waals surface area contributed by atoms with Crippen LogP contribution in [0.1, 0.15) is 107 Å². The molecule has 0 amide bonds. The van der Waals surface area contributed by atoms with Crippen LogP contribution in [-0.2, 0) is 41.3 Å². The summed E-state index contributed by atoms with van der Waals surface area (Å²) < 4.78 is 39.7. The van der Waals surface area contributed by atoms with Gasteiger partial charge in [-0.2, -0.15) is 0 Å². The Balaban J connectivity index is 0.000000270. The quantitative estimate of drug-likeness (QED) is 0.0805. The molecule has 0 aromatic heterocycles. The summed E-state index contributed by atoms with van der Waals surface area (Å²) in [5, 5.41) is 9.48. The molecule has 12 heteroatoms. The maximum Gasteiger partial charge on any atom is 0.342 e. The fraction of sp³-hybridized carbons (Fsp3) is 0.490. The number of esters is 3. The predicted molar refractivity (Wildman–Crippen MR) is 238 cm³/mol. The Bertz CT molecular complexity index is 1890. The zero-order valence-electron chi connectivity index (χ0n) is 36.4. The van der Waals surface area contributed by atoms with Crippen LogP contribution in [0.3, 0.4) is 0 Å². The Morgan fingerprint density at radius 1 is 0.738 bits per heavy atom. The molecular formula is C49H63BrO11. The topological polar surface area (TPSA) is 136 Å². The van der Waals surface area contributed by atoms with Crippen molar-refractivity contribution in [1.82, 2.24) is 0 Å². The second-order valence-corrected chi connectivity index (χ2v) is 16.7. The van der Waals surface area contributed by atoms with Crippen LogP contribution in [0, 0.1) is 24.7 Å². The molecule has 0 saturated carbocycles. The van der Waals surface area contributed by atoms with Crippen molar-refractivity contribution in [2.75, 3.05) is 41.0 Å². The number of halogens is 1. The number of benzene rings is 3. The number of methoxy groups -OCH3 is 2. The molecule has 0 bridgehead atoms. The molecule has 332 valence electrons. The lowest BCUT2D eigenvalue weighted by Gasteiger charge is -2.28. The molecule has 2 aliphatic heterocycles. The molecule has 0 aliphatic carbocycles. The molecule has 0 saturated heterocycles. The smallest absolute Gasteiger partial charge is 0.342 e. The lowest BCUT2D eigenvalue weighted by molar-refractivity contribution is -0.104. The highest BCUT2D eigenvalue weighted by Crippen LogP contribution is 2.29. The standard InChI is InChI=1S/C27H31BrO4.C22H32O7/c1-18-7-4-5-9-21-10-6-8-19(2)25(21)27(30)32-24(17-20(18)3)15-16-31-26(29)22-11-13-23(28)14-12-22;1-16-7-4-5-8-17-9-6-10-19(27-14-25-2)21(17)22(24)29-18(11-12-23)13-20(16)28-15-26-3/h4-6,8,10-14,18,20,24H,7,9,15-17H2,1-3H3;4-6,9-10,16,18,20,23H,7-8,11-15H2,1-3H3/b2*5-4+/t18-,20+,24-;16-,18-,20+/m11/s1. The van der Waals surface area contributed by atoms with E-state index < -0.39 is 12.1 Å². The van der Waals surface area contributed by atoms with Gasteiger partial charge in [0, 0.05) is 44.6 Å². The van der Waals surface area contributed by atoms with E-state index in [1.54, 1.807) is 25.3 Å². The van der Waals surface area contributed by atoms with Gasteiger partial charge in [-0.25, -0.2) is 14.4 Å². The van der Waals surface area contributed by atoms with E-state index >= 15 is 0 Å². The Morgan fingerprint density at radius 3 is 2.00 bits per heavy atom. The number of cyclic esters (lactones) is 2. The third kappa shape index (κ3) is 15.8. The van der Waals surface area contributed by atoms with Crippen molar-refractivity contribution in [2.45, 2.75) is 97.4 Å². The number of carbonyl (C=O) groups is 3. The van der Waals surface area contributed by atoms with Crippen LogP contribution < -0.4 is 4.74 Å². The highest BCUT2D eigenvalue weighted by Gasteiger charge is 2.28. The summed E-state index contributed by atoms with van der Waals surface area (Å²) in [4.78, 5) is 38.6. The van der Waals surface area contributed by atoms with Gasteiger partial charge in [-0.15, -0.1) is 0 Å². The molecule has 5 rings (SSSR count). The van der Waals surface area contributed by atoms with Gasteiger partial charge in [0.25, 0.3) is 0 Å². The van der Waals surface area contributed by atoms with Gasteiger partial charge < -0.3 is 38.3 Å². The maximum absolute atomic E-state index is 13.1. The second kappa shape index (κ2) is 26.2. The van der Waals surface area contributed by atoms with Crippen molar-refractivity contribution in [2.24, 2.45) is 17.8 Å². The van der Waals surface area contributed by atoms with Crippen molar-refractivity contribution in [3.8, 4) is 5.75 Å². The first kappa shape index (κ1) is 49.3. The molecule has 2 aliphatic rings. The van der Waals surface area contributed by atoms with Crippen LogP contribution in [0.15, 0.2) is 89.4 Å². The van der Waals surface area contributed by atoms with Gasteiger partial charge in [-0.05, 0) is 104 Å². The highest BCUT2D eigenvalue weighted by atomic mass is 79.9. The number of ether oxygens (including phenoxy) is 7. The maximum atomic E-state index is 13.1. The molecule has 0 fully saturated rings. The van der Waals surface area contributed by atoms with Gasteiger partial charge in [0.15, 0.2) is 6.79 Å². The number of aryl methyl sites for hydroxylation is 1. The van der Waals surface area contributed by atoms with E-state index in [0.717, 1.165) is 40.4 Å². The van der Waals surface area contributed by atoms with Crippen LogP contribution in [0.2, 0.25) is 0 Å². The van der Waals surface area contributed by atoms with Gasteiger partial charge in [-0.3, -0.25) is 0 Å². The molecule has 2 heterocycles. The molecule has 6 atom stereocenters. The van der Waals surface area contributed by atoms with Gasteiger partial charge >= 0.3 is 17.9 Å². The number of carbonyl (C=O) groups excluding carboxylic acids is 3. The molecule has 0 unspecified atom stereocenters. The minimum Gasteiger partial charge on any atom is -0.467 e. The largest absolute Gasteiger partial charge is 0.467 e.